The van der Waals surface area contributed by atoms with Gasteiger partial charge in [0.15, 0.2) is 0 Å². The Balaban J connectivity index is 1.66. The van der Waals surface area contributed by atoms with Crippen LogP contribution in [0, 0.1) is 13.8 Å². The van der Waals surface area contributed by atoms with E-state index in [1.807, 2.05) is 19.9 Å². The Bertz CT molecular complexity index is 709. The van der Waals surface area contributed by atoms with Crippen molar-refractivity contribution in [3.05, 3.63) is 29.1 Å². The molecule has 1 aromatic heterocycles. The van der Waals surface area contributed by atoms with Crippen LogP contribution in [0.25, 0.3) is 0 Å². The molecule has 0 radical (unpaired) electrons. The highest BCUT2D eigenvalue weighted by atomic mass is 32.2. The van der Waals surface area contributed by atoms with E-state index in [0.717, 1.165) is 11.1 Å². The first-order chi connectivity index (χ1) is 10.9. The average molecular weight is 337 g/mol. The molecule has 3 heterocycles. The number of rotatable bonds is 2. The van der Waals surface area contributed by atoms with Crippen molar-refractivity contribution in [2.75, 3.05) is 25.4 Å². The SMILES string of the molecule is Cc1cnc(C(=O)N2CCC(N3CCCS3(=O)=O)CC2)c(C)c1. The average Bonchev–Trinajstić information content (AvgIpc) is 2.86. The quantitative estimate of drug-likeness (QED) is 0.816. The molecule has 2 aliphatic heterocycles. The first-order valence-corrected chi connectivity index (χ1v) is 9.71. The summed E-state index contributed by atoms with van der Waals surface area (Å²) in [5.74, 6) is 0.212. The second kappa shape index (κ2) is 6.20. The summed E-state index contributed by atoms with van der Waals surface area (Å²) in [6, 6.07) is 2.00. The monoisotopic (exact) mass is 337 g/mol. The lowest BCUT2D eigenvalue weighted by molar-refractivity contribution is 0.0675. The Kier molecular flexibility index (Phi) is 4.42. The lowest BCUT2D eigenvalue weighted by atomic mass is 10.0. The third-order valence-corrected chi connectivity index (χ3v) is 6.71. The molecule has 1 amide bonds. The minimum atomic E-state index is -3.07. The molecule has 0 bridgehead atoms. The van der Waals surface area contributed by atoms with Crippen molar-refractivity contribution in [1.82, 2.24) is 14.2 Å². The van der Waals surface area contributed by atoms with E-state index in [4.69, 9.17) is 0 Å². The summed E-state index contributed by atoms with van der Waals surface area (Å²) in [6.07, 6.45) is 3.84. The summed E-state index contributed by atoms with van der Waals surface area (Å²) >= 11 is 0. The van der Waals surface area contributed by atoms with Crippen molar-refractivity contribution in [2.24, 2.45) is 0 Å². The Labute approximate surface area is 137 Å². The van der Waals surface area contributed by atoms with E-state index in [-0.39, 0.29) is 17.7 Å². The molecule has 0 atom stereocenters. The Morgan fingerprint density at radius 1 is 1.22 bits per heavy atom. The Hall–Kier alpha value is -1.47. The molecule has 0 saturated carbocycles. The minimum Gasteiger partial charge on any atom is -0.337 e. The van der Waals surface area contributed by atoms with E-state index in [1.165, 1.54) is 0 Å². The van der Waals surface area contributed by atoms with Crippen molar-refractivity contribution in [2.45, 2.75) is 39.2 Å². The standard InChI is InChI=1S/C16H23N3O3S/c1-12-10-13(2)15(17-11-12)16(20)18-7-4-14(5-8-18)19-6-3-9-23(19,21)22/h10-11,14H,3-9H2,1-2H3. The Morgan fingerprint density at radius 2 is 1.91 bits per heavy atom. The van der Waals surface area contributed by atoms with Crippen molar-refractivity contribution in [1.29, 1.82) is 0 Å². The highest BCUT2D eigenvalue weighted by molar-refractivity contribution is 7.89. The number of hydrogen-bond acceptors (Lipinski definition) is 4. The molecule has 0 aromatic carbocycles. The maximum atomic E-state index is 12.6. The second-order valence-electron chi connectivity index (χ2n) is 6.48. The van der Waals surface area contributed by atoms with Gasteiger partial charge in [-0.15, -0.1) is 0 Å². The van der Waals surface area contributed by atoms with E-state index in [1.54, 1.807) is 15.4 Å². The van der Waals surface area contributed by atoms with Crippen LogP contribution in [0.4, 0.5) is 0 Å². The molecule has 0 aliphatic carbocycles. The van der Waals surface area contributed by atoms with Gasteiger partial charge in [0, 0.05) is 31.9 Å². The van der Waals surface area contributed by atoms with Gasteiger partial charge in [-0.25, -0.2) is 8.42 Å². The number of aryl methyl sites for hydroxylation is 2. The maximum absolute atomic E-state index is 12.6. The van der Waals surface area contributed by atoms with Crippen molar-refractivity contribution >= 4 is 15.9 Å². The molecule has 23 heavy (non-hydrogen) atoms. The smallest absolute Gasteiger partial charge is 0.272 e. The Morgan fingerprint density at radius 3 is 2.48 bits per heavy atom. The molecule has 0 spiro atoms. The van der Waals surface area contributed by atoms with Crippen molar-refractivity contribution in [3.63, 3.8) is 0 Å². The van der Waals surface area contributed by atoms with Crippen LogP contribution in [0.5, 0.6) is 0 Å². The summed E-state index contributed by atoms with van der Waals surface area (Å²) in [7, 11) is -3.07. The molecule has 7 heteroatoms. The number of hydrogen-bond donors (Lipinski definition) is 0. The van der Waals surface area contributed by atoms with Crippen LogP contribution >= 0.6 is 0 Å². The number of likely N-dealkylation sites (tertiary alicyclic amines) is 1. The van der Waals surface area contributed by atoms with Crippen LogP contribution in [-0.2, 0) is 10.0 Å². The van der Waals surface area contributed by atoms with Gasteiger partial charge < -0.3 is 4.90 Å². The summed E-state index contributed by atoms with van der Waals surface area (Å²) in [4.78, 5) is 18.7. The van der Waals surface area contributed by atoms with Crippen molar-refractivity contribution in [3.8, 4) is 0 Å². The highest BCUT2D eigenvalue weighted by Crippen LogP contribution is 2.25. The topological polar surface area (TPSA) is 70.6 Å². The zero-order valence-corrected chi connectivity index (χ0v) is 14.5. The number of aromatic nitrogens is 1. The predicted octanol–water partition coefficient (Wildman–Crippen LogP) is 1.34. The molecule has 6 nitrogen and oxygen atoms in total. The van der Waals surface area contributed by atoms with Gasteiger partial charge in [-0.3, -0.25) is 9.78 Å². The van der Waals surface area contributed by atoms with Gasteiger partial charge in [-0.1, -0.05) is 6.07 Å². The van der Waals surface area contributed by atoms with Crippen LogP contribution in [0.2, 0.25) is 0 Å². The third-order valence-electron chi connectivity index (χ3n) is 4.71. The largest absolute Gasteiger partial charge is 0.337 e. The fourth-order valence-electron chi connectivity index (χ4n) is 3.51. The molecule has 0 N–H and O–H groups in total. The van der Waals surface area contributed by atoms with Crippen LogP contribution in [0.15, 0.2) is 12.3 Å². The summed E-state index contributed by atoms with van der Waals surface area (Å²) < 4.78 is 25.7. The molecule has 2 fully saturated rings. The van der Waals surface area contributed by atoms with E-state index in [9.17, 15) is 13.2 Å². The number of carbonyl (C=O) groups is 1. The fraction of sp³-hybridized carbons (Fsp3) is 0.625. The molecule has 2 aliphatic rings. The molecular weight excluding hydrogens is 314 g/mol. The first-order valence-electron chi connectivity index (χ1n) is 8.10. The number of carbonyl (C=O) groups excluding carboxylic acids is 1. The van der Waals surface area contributed by atoms with Gasteiger partial charge >= 0.3 is 0 Å². The highest BCUT2D eigenvalue weighted by Gasteiger charge is 2.37. The number of pyridine rings is 1. The number of amides is 1. The molecule has 2 saturated heterocycles. The minimum absolute atomic E-state index is 0.0404. The zero-order chi connectivity index (χ0) is 16.6. The third kappa shape index (κ3) is 3.26. The van der Waals surface area contributed by atoms with E-state index in [2.05, 4.69) is 4.98 Å². The van der Waals surface area contributed by atoms with Gasteiger partial charge in [-0.05, 0) is 44.2 Å². The number of nitrogens with zero attached hydrogens (tertiary/aromatic N) is 3. The van der Waals surface area contributed by atoms with Gasteiger partial charge in [-0.2, -0.15) is 4.31 Å². The van der Waals surface area contributed by atoms with E-state index in [0.29, 0.717) is 44.6 Å². The normalized spacial score (nSPS) is 22.4. The first kappa shape index (κ1) is 16.4. The summed E-state index contributed by atoms with van der Waals surface area (Å²) in [5, 5.41) is 0. The van der Waals surface area contributed by atoms with E-state index < -0.39 is 10.0 Å². The summed E-state index contributed by atoms with van der Waals surface area (Å²) in [5.41, 5.74) is 2.43. The van der Waals surface area contributed by atoms with Gasteiger partial charge in [0.2, 0.25) is 10.0 Å². The van der Waals surface area contributed by atoms with Crippen LogP contribution in [-0.4, -0.2) is 59.9 Å². The van der Waals surface area contributed by atoms with Crippen molar-refractivity contribution < 1.29 is 13.2 Å². The molecule has 3 rings (SSSR count). The molecule has 1 aromatic rings. The number of piperidine rings is 1. The van der Waals surface area contributed by atoms with Gasteiger partial charge in [0.25, 0.3) is 5.91 Å². The van der Waals surface area contributed by atoms with Crippen LogP contribution in [0.3, 0.4) is 0 Å². The van der Waals surface area contributed by atoms with Crippen LogP contribution in [0.1, 0.15) is 40.9 Å². The second-order valence-corrected chi connectivity index (χ2v) is 8.52. The lowest BCUT2D eigenvalue weighted by Gasteiger charge is -2.35. The molecule has 126 valence electrons. The lowest BCUT2D eigenvalue weighted by Crippen LogP contribution is -2.47. The fourth-order valence-corrected chi connectivity index (χ4v) is 5.32. The predicted molar refractivity (Wildman–Crippen MR) is 87.7 cm³/mol. The summed E-state index contributed by atoms with van der Waals surface area (Å²) in [6.45, 7) is 5.65. The maximum Gasteiger partial charge on any atom is 0.272 e. The van der Waals surface area contributed by atoms with Crippen LogP contribution < -0.4 is 0 Å². The van der Waals surface area contributed by atoms with Gasteiger partial charge in [0.05, 0.1) is 5.75 Å². The molecule has 0 unspecified atom stereocenters. The van der Waals surface area contributed by atoms with Gasteiger partial charge in [0.1, 0.15) is 5.69 Å². The number of sulfonamides is 1. The van der Waals surface area contributed by atoms with E-state index >= 15 is 0 Å². The zero-order valence-electron chi connectivity index (χ0n) is 13.7. The molecular formula is C16H23N3O3S.